The summed E-state index contributed by atoms with van der Waals surface area (Å²) in [6.45, 7) is 2.58. The maximum Gasteiger partial charge on any atom is 0.306 e. The Kier molecular flexibility index (Phi) is 15.1. The fourth-order valence-corrected chi connectivity index (χ4v) is 2.87. The van der Waals surface area contributed by atoms with Gasteiger partial charge in [-0.05, 0) is 50.3 Å². The molecule has 0 aliphatic carbocycles. The zero-order chi connectivity index (χ0) is 19.4. The van der Waals surface area contributed by atoms with Crippen molar-refractivity contribution >= 4 is 5.97 Å². The van der Waals surface area contributed by atoms with Crippen molar-refractivity contribution in [2.75, 3.05) is 0 Å². The minimum atomic E-state index is -0.110. The number of allylic oxidation sites excluding steroid dienone is 1. The van der Waals surface area contributed by atoms with Gasteiger partial charge in [0.15, 0.2) is 0 Å². The number of carbonyl (C=O) groups excluding carboxylic acids is 1. The quantitative estimate of drug-likeness (QED) is 0.180. The zero-order valence-electron chi connectivity index (χ0n) is 17.1. The smallest absolute Gasteiger partial charge is 0.306 e. The highest BCUT2D eigenvalue weighted by Crippen LogP contribution is 2.09. The molecule has 3 nitrogen and oxygen atoms in total. The molecule has 0 saturated heterocycles. The Bertz CT molecular complexity index is 533. The lowest BCUT2D eigenvalue weighted by Gasteiger charge is -2.04. The summed E-state index contributed by atoms with van der Waals surface area (Å²) in [6, 6.07) is 3.76. The molecule has 1 aromatic rings. The number of carbonyl (C=O) groups is 1. The summed E-state index contributed by atoms with van der Waals surface area (Å²) in [5.74, 6) is -0.110. The van der Waals surface area contributed by atoms with Crippen molar-refractivity contribution in [1.82, 2.24) is 4.98 Å². The lowest BCUT2D eigenvalue weighted by atomic mass is 10.1. The van der Waals surface area contributed by atoms with Crippen molar-refractivity contribution in [3.63, 3.8) is 0 Å². The average Bonchev–Trinajstić information content (AvgIpc) is 2.70. The van der Waals surface area contributed by atoms with Crippen molar-refractivity contribution in [1.29, 1.82) is 0 Å². The van der Waals surface area contributed by atoms with E-state index in [4.69, 9.17) is 4.74 Å². The van der Waals surface area contributed by atoms with Gasteiger partial charge in [0.2, 0.25) is 0 Å². The predicted molar refractivity (Wildman–Crippen MR) is 112 cm³/mol. The van der Waals surface area contributed by atoms with Crippen LogP contribution in [0.3, 0.4) is 0 Å². The van der Waals surface area contributed by atoms with Gasteiger partial charge in [-0.1, -0.05) is 57.9 Å². The van der Waals surface area contributed by atoms with Gasteiger partial charge in [0.25, 0.3) is 0 Å². The topological polar surface area (TPSA) is 39.2 Å². The fraction of sp³-hybridized carbons (Fsp3) is 0.625. The molecule has 1 heterocycles. The van der Waals surface area contributed by atoms with Gasteiger partial charge >= 0.3 is 5.97 Å². The third-order valence-electron chi connectivity index (χ3n) is 4.54. The van der Waals surface area contributed by atoms with E-state index in [0.29, 0.717) is 13.0 Å². The van der Waals surface area contributed by atoms with Gasteiger partial charge in [0, 0.05) is 24.4 Å². The molecule has 0 radical (unpaired) electrons. The fourth-order valence-electron chi connectivity index (χ4n) is 2.87. The number of esters is 1. The lowest BCUT2D eigenvalue weighted by molar-refractivity contribution is -0.145. The zero-order valence-corrected chi connectivity index (χ0v) is 17.1. The van der Waals surface area contributed by atoms with Gasteiger partial charge in [-0.3, -0.25) is 9.78 Å². The Hall–Kier alpha value is -1.86. The van der Waals surface area contributed by atoms with E-state index in [1.54, 1.807) is 12.4 Å². The average molecular weight is 372 g/mol. The van der Waals surface area contributed by atoms with Crippen LogP contribution in [-0.2, 0) is 16.1 Å². The molecule has 0 aliphatic heterocycles. The van der Waals surface area contributed by atoms with Crippen LogP contribution in [0.25, 0.3) is 0 Å². The first-order valence-electron chi connectivity index (χ1n) is 10.8. The Morgan fingerprint density at radius 3 is 2.33 bits per heavy atom. The molecule has 1 aromatic heterocycles. The first kappa shape index (κ1) is 23.2. The summed E-state index contributed by atoms with van der Waals surface area (Å²) in [7, 11) is 0. The van der Waals surface area contributed by atoms with Crippen LogP contribution in [-0.4, -0.2) is 11.0 Å². The molecule has 3 heteroatoms. The van der Waals surface area contributed by atoms with Gasteiger partial charge in [-0.2, -0.15) is 0 Å². The molecule has 0 aliphatic rings. The number of aromatic nitrogens is 1. The molecule has 0 aromatic carbocycles. The van der Waals surface area contributed by atoms with Gasteiger partial charge in [0.05, 0.1) is 0 Å². The Labute approximate surface area is 165 Å². The lowest BCUT2D eigenvalue weighted by Crippen LogP contribution is -2.04. The van der Waals surface area contributed by atoms with Gasteiger partial charge in [0.1, 0.15) is 6.61 Å². The maximum atomic E-state index is 11.7. The molecule has 27 heavy (non-hydrogen) atoms. The third kappa shape index (κ3) is 14.9. The number of unbranched alkanes of at least 4 members (excludes halogenated alkanes) is 10. The standard InChI is InChI=1S/C24H37NO2/c1-2-3-4-5-6-7-8-9-10-11-12-13-14-15-16-19-24(26)27-22-23-18-17-20-25-21-23/h8,10,17-18,20-21H,2-7,11-16,19,22H2,1H3. The molecule has 1 rings (SSSR count). The Morgan fingerprint density at radius 2 is 1.67 bits per heavy atom. The molecule has 0 N–H and O–H groups in total. The Morgan fingerprint density at radius 1 is 1.00 bits per heavy atom. The van der Waals surface area contributed by atoms with Crippen LogP contribution in [0.5, 0.6) is 0 Å². The van der Waals surface area contributed by atoms with Gasteiger partial charge in [-0.15, -0.1) is 5.73 Å². The largest absolute Gasteiger partial charge is 0.461 e. The normalized spacial score (nSPS) is 10.3. The van der Waals surface area contributed by atoms with E-state index in [1.165, 1.54) is 51.4 Å². The highest BCUT2D eigenvalue weighted by molar-refractivity contribution is 5.69. The maximum absolute atomic E-state index is 11.7. The van der Waals surface area contributed by atoms with Crippen molar-refractivity contribution in [3.8, 4) is 0 Å². The van der Waals surface area contributed by atoms with Crippen LogP contribution in [0.4, 0.5) is 0 Å². The Balaban J connectivity index is 1.87. The van der Waals surface area contributed by atoms with Crippen LogP contribution >= 0.6 is 0 Å². The summed E-state index contributed by atoms with van der Waals surface area (Å²) in [5, 5.41) is 0. The molecule has 0 atom stereocenters. The van der Waals surface area contributed by atoms with Gasteiger partial charge < -0.3 is 4.74 Å². The highest BCUT2D eigenvalue weighted by Gasteiger charge is 2.03. The van der Waals surface area contributed by atoms with E-state index in [2.05, 4.69) is 29.8 Å². The second-order valence-electron chi connectivity index (χ2n) is 7.11. The van der Waals surface area contributed by atoms with E-state index in [9.17, 15) is 4.79 Å². The molecular weight excluding hydrogens is 334 g/mol. The number of hydrogen-bond acceptors (Lipinski definition) is 3. The second kappa shape index (κ2) is 17.5. The third-order valence-corrected chi connectivity index (χ3v) is 4.54. The summed E-state index contributed by atoms with van der Waals surface area (Å²) in [5.41, 5.74) is 4.24. The summed E-state index contributed by atoms with van der Waals surface area (Å²) in [6.07, 6.45) is 22.9. The summed E-state index contributed by atoms with van der Waals surface area (Å²) >= 11 is 0. The number of pyridine rings is 1. The predicted octanol–water partition coefficient (Wildman–Crippen LogP) is 6.93. The number of rotatable bonds is 16. The van der Waals surface area contributed by atoms with Crippen molar-refractivity contribution in [2.45, 2.75) is 97.0 Å². The number of nitrogens with zero attached hydrogens (tertiary/aromatic N) is 1. The SMILES string of the molecule is CCCCCCCC=C=CCCCCCCCC(=O)OCc1cccnc1. The first-order chi connectivity index (χ1) is 13.3. The highest BCUT2D eigenvalue weighted by atomic mass is 16.5. The molecule has 0 fully saturated rings. The molecule has 0 spiro atoms. The number of hydrogen-bond donors (Lipinski definition) is 0. The van der Waals surface area contributed by atoms with Crippen LogP contribution in [0.15, 0.2) is 42.4 Å². The molecule has 0 saturated carbocycles. The summed E-state index contributed by atoms with van der Waals surface area (Å²) < 4.78 is 5.25. The van der Waals surface area contributed by atoms with Crippen molar-refractivity contribution < 1.29 is 9.53 Å². The van der Waals surface area contributed by atoms with Gasteiger partial charge in [-0.25, -0.2) is 0 Å². The van der Waals surface area contributed by atoms with E-state index in [0.717, 1.165) is 31.2 Å². The van der Waals surface area contributed by atoms with E-state index < -0.39 is 0 Å². The van der Waals surface area contributed by atoms with Crippen LogP contribution < -0.4 is 0 Å². The van der Waals surface area contributed by atoms with E-state index >= 15 is 0 Å². The minimum absolute atomic E-state index is 0.110. The summed E-state index contributed by atoms with van der Waals surface area (Å²) in [4.78, 5) is 15.7. The van der Waals surface area contributed by atoms with Crippen LogP contribution in [0.1, 0.15) is 96.0 Å². The van der Waals surface area contributed by atoms with Crippen molar-refractivity contribution in [2.24, 2.45) is 0 Å². The molecule has 150 valence electrons. The number of ether oxygens (including phenoxy) is 1. The van der Waals surface area contributed by atoms with E-state index in [-0.39, 0.29) is 5.97 Å². The minimum Gasteiger partial charge on any atom is -0.461 e. The molecular formula is C24H37NO2. The van der Waals surface area contributed by atoms with Crippen LogP contribution in [0, 0.1) is 0 Å². The molecule has 0 unspecified atom stereocenters. The first-order valence-corrected chi connectivity index (χ1v) is 10.8. The monoisotopic (exact) mass is 371 g/mol. The molecule has 0 bridgehead atoms. The molecule has 0 amide bonds. The second-order valence-corrected chi connectivity index (χ2v) is 7.11. The van der Waals surface area contributed by atoms with Crippen molar-refractivity contribution in [3.05, 3.63) is 48.0 Å². The van der Waals surface area contributed by atoms with Crippen LogP contribution in [0.2, 0.25) is 0 Å². The van der Waals surface area contributed by atoms with E-state index in [1.807, 2.05) is 12.1 Å².